The number of carbonyl (C=O) groups is 2. The van der Waals surface area contributed by atoms with E-state index < -0.39 is 26.0 Å². The van der Waals surface area contributed by atoms with Crippen LogP contribution in [-0.2, 0) is 20.3 Å². The fourth-order valence-electron chi connectivity index (χ4n) is 2.00. The first-order valence-electron chi connectivity index (χ1n) is 9.38. The van der Waals surface area contributed by atoms with Gasteiger partial charge in [0.05, 0.1) is 7.11 Å². The van der Waals surface area contributed by atoms with E-state index in [1.165, 1.54) is 18.4 Å². The van der Waals surface area contributed by atoms with Crippen LogP contribution in [0, 0.1) is 0 Å². The second kappa shape index (κ2) is 9.36. The molecule has 1 rings (SSSR count). The summed E-state index contributed by atoms with van der Waals surface area (Å²) in [6.07, 6.45) is 0.766. The predicted octanol–water partition coefficient (Wildman–Crippen LogP) is 5.23. The van der Waals surface area contributed by atoms with Gasteiger partial charge in [-0.1, -0.05) is 20.8 Å². The van der Waals surface area contributed by atoms with Crippen molar-refractivity contribution in [3.05, 3.63) is 10.6 Å². The van der Waals surface area contributed by atoms with Gasteiger partial charge in [0, 0.05) is 11.5 Å². The Balaban J connectivity index is 2.78. The van der Waals surface area contributed by atoms with Crippen molar-refractivity contribution in [2.75, 3.05) is 19.0 Å². The number of esters is 1. The number of carbonyl (C=O) groups excluding carboxylic acids is 2. The lowest BCUT2D eigenvalue weighted by Crippen LogP contribution is -2.41. The first kappa shape index (κ1) is 24.6. The maximum Gasteiger partial charge on any atom is 0.413 e. The van der Waals surface area contributed by atoms with Crippen molar-refractivity contribution < 1.29 is 23.5 Å². The number of nitrogens with zero attached hydrogens (tertiary/aromatic N) is 1. The fourth-order valence-corrected chi connectivity index (χ4v) is 4.06. The molecule has 28 heavy (non-hydrogen) atoms. The Labute approximate surface area is 173 Å². The average Bonchev–Trinajstić information content (AvgIpc) is 2.90. The molecule has 0 saturated carbocycles. The van der Waals surface area contributed by atoms with Gasteiger partial charge < -0.3 is 13.9 Å². The predicted molar refractivity (Wildman–Crippen MR) is 115 cm³/mol. The molecule has 1 heterocycles. The number of amides is 1. The number of methoxy groups -OCH3 is 1. The molecule has 0 aromatic carbocycles. The molecule has 0 spiro atoms. The Morgan fingerprint density at radius 1 is 1.14 bits per heavy atom. The van der Waals surface area contributed by atoms with Crippen LogP contribution in [0.2, 0.25) is 18.1 Å². The number of anilines is 1. The smallest absolute Gasteiger partial charge is 0.413 e. The molecule has 0 bridgehead atoms. The van der Waals surface area contributed by atoms with Crippen LogP contribution < -0.4 is 5.32 Å². The van der Waals surface area contributed by atoms with Crippen molar-refractivity contribution in [2.24, 2.45) is 0 Å². The molecule has 1 aromatic heterocycles. The molecule has 7 nitrogen and oxygen atoms in total. The summed E-state index contributed by atoms with van der Waals surface area (Å²) in [5.74, 6) is -0.520. The number of aryl methyl sites for hydroxylation is 1. The van der Waals surface area contributed by atoms with E-state index in [2.05, 4.69) is 44.2 Å². The van der Waals surface area contributed by atoms with Gasteiger partial charge in [-0.05, 0) is 51.7 Å². The lowest BCUT2D eigenvalue weighted by Gasteiger charge is -2.36. The first-order valence-corrected chi connectivity index (χ1v) is 13.1. The van der Waals surface area contributed by atoms with Crippen molar-refractivity contribution >= 4 is 36.8 Å². The summed E-state index contributed by atoms with van der Waals surface area (Å²) in [5.41, 5.74) is -0.387. The molecule has 1 aromatic rings. The molecule has 1 amide bonds. The maximum absolute atomic E-state index is 12.0. The monoisotopic (exact) mass is 430 g/mol. The third-order valence-electron chi connectivity index (χ3n) is 4.50. The minimum absolute atomic E-state index is 0.152. The number of hydrogen-bond donors (Lipinski definition) is 1. The van der Waals surface area contributed by atoms with E-state index >= 15 is 0 Å². The van der Waals surface area contributed by atoms with Crippen molar-refractivity contribution in [3.63, 3.8) is 0 Å². The SMILES string of the molecule is COC(=O)c1nc(NC(=O)OC(C)(C)C)sc1CCCO[Si](C)(C)C(C)(C)C. The Morgan fingerprint density at radius 2 is 1.75 bits per heavy atom. The topological polar surface area (TPSA) is 86.8 Å². The zero-order chi connectivity index (χ0) is 21.8. The number of ether oxygens (including phenoxy) is 2. The molecule has 0 aliphatic heterocycles. The molecule has 1 N–H and O–H groups in total. The second-order valence-electron chi connectivity index (χ2n) is 9.12. The van der Waals surface area contributed by atoms with E-state index in [1.54, 1.807) is 20.8 Å². The standard InChI is InChI=1S/C19H34N2O5SSi/c1-18(2,3)26-17(23)21-16-20-14(15(22)24-7)13(27-16)11-10-12-25-28(8,9)19(4,5)6/h10-12H2,1-9H3,(H,20,21,23). The van der Waals surface area contributed by atoms with Gasteiger partial charge in [0.15, 0.2) is 19.1 Å². The van der Waals surface area contributed by atoms with Crippen LogP contribution in [0.3, 0.4) is 0 Å². The van der Waals surface area contributed by atoms with Gasteiger partial charge in [-0.2, -0.15) is 0 Å². The summed E-state index contributed by atoms with van der Waals surface area (Å²) < 4.78 is 16.2. The van der Waals surface area contributed by atoms with Gasteiger partial charge in [0.25, 0.3) is 0 Å². The van der Waals surface area contributed by atoms with E-state index in [9.17, 15) is 9.59 Å². The fraction of sp³-hybridized carbons (Fsp3) is 0.737. The van der Waals surface area contributed by atoms with Crippen molar-refractivity contribution in [1.82, 2.24) is 4.98 Å². The molecule has 0 atom stereocenters. The van der Waals surface area contributed by atoms with Gasteiger partial charge in [-0.15, -0.1) is 11.3 Å². The van der Waals surface area contributed by atoms with Crippen LogP contribution in [0.15, 0.2) is 0 Å². The molecule has 0 radical (unpaired) electrons. The first-order chi connectivity index (χ1) is 12.7. The van der Waals surface area contributed by atoms with Crippen LogP contribution in [0.4, 0.5) is 9.93 Å². The normalized spacial score (nSPS) is 12.6. The molecule has 0 aliphatic carbocycles. The lowest BCUT2D eigenvalue weighted by atomic mass is 10.2. The summed E-state index contributed by atoms with van der Waals surface area (Å²) in [4.78, 5) is 29.0. The summed E-state index contributed by atoms with van der Waals surface area (Å²) in [6.45, 7) is 17.0. The molecular formula is C19H34N2O5SSi. The molecule has 0 unspecified atom stereocenters. The Bertz CT molecular complexity index is 689. The van der Waals surface area contributed by atoms with Crippen molar-refractivity contribution in [3.8, 4) is 0 Å². The molecule has 0 saturated heterocycles. The number of hydrogen-bond acceptors (Lipinski definition) is 7. The third kappa shape index (κ3) is 7.52. The Kier molecular flexibility index (Phi) is 8.22. The largest absolute Gasteiger partial charge is 0.464 e. The highest BCUT2D eigenvalue weighted by Crippen LogP contribution is 2.36. The summed E-state index contributed by atoms with van der Waals surface area (Å²) in [7, 11) is -0.490. The minimum atomic E-state index is -1.80. The molecule has 0 aliphatic rings. The minimum Gasteiger partial charge on any atom is -0.464 e. The Morgan fingerprint density at radius 3 is 2.25 bits per heavy atom. The molecule has 9 heteroatoms. The number of aromatic nitrogens is 1. The van der Waals surface area contributed by atoms with Gasteiger partial charge >= 0.3 is 12.1 Å². The van der Waals surface area contributed by atoms with Crippen LogP contribution in [-0.4, -0.2) is 44.7 Å². The van der Waals surface area contributed by atoms with Gasteiger partial charge in [0.1, 0.15) is 5.60 Å². The highest BCUT2D eigenvalue weighted by molar-refractivity contribution is 7.16. The van der Waals surface area contributed by atoms with E-state index in [0.717, 1.165) is 11.3 Å². The van der Waals surface area contributed by atoms with Gasteiger partial charge in [-0.3, -0.25) is 5.32 Å². The van der Waals surface area contributed by atoms with Crippen LogP contribution in [0.5, 0.6) is 0 Å². The van der Waals surface area contributed by atoms with E-state index in [4.69, 9.17) is 13.9 Å². The van der Waals surface area contributed by atoms with Crippen molar-refractivity contribution in [1.29, 1.82) is 0 Å². The maximum atomic E-state index is 12.0. The Hall–Kier alpha value is -1.45. The van der Waals surface area contributed by atoms with Crippen LogP contribution in [0.25, 0.3) is 0 Å². The molecular weight excluding hydrogens is 396 g/mol. The lowest BCUT2D eigenvalue weighted by molar-refractivity contribution is 0.0589. The highest BCUT2D eigenvalue weighted by Gasteiger charge is 2.36. The molecule has 160 valence electrons. The van der Waals surface area contributed by atoms with E-state index in [-0.39, 0.29) is 10.7 Å². The number of rotatable bonds is 7. The van der Waals surface area contributed by atoms with Crippen LogP contribution >= 0.6 is 11.3 Å². The quantitative estimate of drug-likeness (QED) is 0.362. The van der Waals surface area contributed by atoms with E-state index in [0.29, 0.717) is 18.2 Å². The van der Waals surface area contributed by atoms with Crippen molar-refractivity contribution in [2.45, 2.75) is 78.1 Å². The van der Waals surface area contributed by atoms with Gasteiger partial charge in [0.2, 0.25) is 0 Å². The average molecular weight is 431 g/mol. The summed E-state index contributed by atoms with van der Waals surface area (Å²) >= 11 is 1.25. The number of thiazole rings is 1. The van der Waals surface area contributed by atoms with Crippen LogP contribution in [0.1, 0.15) is 63.3 Å². The van der Waals surface area contributed by atoms with E-state index in [1.807, 2.05) is 0 Å². The van der Waals surface area contributed by atoms with Gasteiger partial charge in [-0.25, -0.2) is 14.6 Å². The number of nitrogens with one attached hydrogen (secondary N) is 1. The summed E-state index contributed by atoms with van der Waals surface area (Å²) in [6, 6.07) is 0. The zero-order valence-electron chi connectivity index (χ0n) is 18.5. The highest BCUT2D eigenvalue weighted by atomic mass is 32.1. The second-order valence-corrected chi connectivity index (χ2v) is 15.0. The summed E-state index contributed by atoms with van der Waals surface area (Å²) in [5, 5.41) is 3.05. The zero-order valence-corrected chi connectivity index (χ0v) is 20.3. The molecule has 0 fully saturated rings. The third-order valence-corrected chi connectivity index (χ3v) is 10.1.